The van der Waals surface area contributed by atoms with Gasteiger partial charge in [0.15, 0.2) is 0 Å². The van der Waals surface area contributed by atoms with Crippen LogP contribution in [0.5, 0.6) is 5.75 Å². The minimum atomic E-state index is -0.524. The lowest BCUT2D eigenvalue weighted by atomic mass is 10.1. The van der Waals surface area contributed by atoms with Crippen LogP contribution in [0.1, 0.15) is 24.5 Å². The second-order valence-electron chi connectivity index (χ2n) is 3.31. The van der Waals surface area contributed by atoms with Gasteiger partial charge in [-0.2, -0.15) is 0 Å². The summed E-state index contributed by atoms with van der Waals surface area (Å²) in [7, 11) is 0. The first-order chi connectivity index (χ1) is 6.68. The van der Waals surface area contributed by atoms with Crippen LogP contribution in [0.2, 0.25) is 10.0 Å². The summed E-state index contributed by atoms with van der Waals surface area (Å²) in [6.07, 6.45) is 0.983. The van der Waals surface area contributed by atoms with Crippen LogP contribution >= 0.6 is 23.2 Å². The quantitative estimate of drug-likeness (QED) is 0.745. The SMILES string of the molecule is OC1CCCOc2c(Cl)cc(Cl)cc21. The molecule has 1 aromatic carbocycles. The molecule has 1 aromatic rings. The van der Waals surface area contributed by atoms with Gasteiger partial charge in [-0.05, 0) is 25.0 Å². The summed E-state index contributed by atoms with van der Waals surface area (Å²) in [4.78, 5) is 0. The van der Waals surface area contributed by atoms with E-state index in [-0.39, 0.29) is 0 Å². The zero-order valence-electron chi connectivity index (χ0n) is 7.46. The lowest BCUT2D eigenvalue weighted by molar-refractivity contribution is 0.167. The van der Waals surface area contributed by atoms with Crippen LogP contribution in [-0.2, 0) is 0 Å². The van der Waals surface area contributed by atoms with Crippen LogP contribution < -0.4 is 4.74 Å². The van der Waals surface area contributed by atoms with Crippen molar-refractivity contribution in [2.45, 2.75) is 18.9 Å². The number of fused-ring (bicyclic) bond motifs is 1. The number of halogens is 2. The molecule has 0 fully saturated rings. The van der Waals surface area contributed by atoms with Gasteiger partial charge in [-0.1, -0.05) is 23.2 Å². The van der Waals surface area contributed by atoms with Gasteiger partial charge >= 0.3 is 0 Å². The maximum absolute atomic E-state index is 9.79. The highest BCUT2D eigenvalue weighted by Crippen LogP contribution is 2.39. The molecule has 0 aliphatic carbocycles. The summed E-state index contributed by atoms with van der Waals surface area (Å²) in [5.74, 6) is 0.570. The molecule has 76 valence electrons. The molecule has 1 aliphatic heterocycles. The van der Waals surface area contributed by atoms with Gasteiger partial charge < -0.3 is 9.84 Å². The topological polar surface area (TPSA) is 29.5 Å². The van der Waals surface area contributed by atoms with Gasteiger partial charge in [0.05, 0.1) is 17.7 Å². The van der Waals surface area contributed by atoms with E-state index in [1.807, 2.05) is 0 Å². The van der Waals surface area contributed by atoms with Gasteiger partial charge in [0, 0.05) is 10.6 Å². The Labute approximate surface area is 92.4 Å². The monoisotopic (exact) mass is 232 g/mol. The van der Waals surface area contributed by atoms with Crippen molar-refractivity contribution >= 4 is 23.2 Å². The molecular formula is C10H10Cl2O2. The first-order valence-electron chi connectivity index (χ1n) is 4.48. The van der Waals surface area contributed by atoms with Crippen molar-refractivity contribution in [2.75, 3.05) is 6.61 Å². The molecule has 0 radical (unpaired) electrons. The molecule has 4 heteroatoms. The third-order valence-corrected chi connectivity index (χ3v) is 2.76. The molecule has 0 aromatic heterocycles. The van der Waals surface area contributed by atoms with Gasteiger partial charge in [-0.25, -0.2) is 0 Å². The van der Waals surface area contributed by atoms with Crippen molar-refractivity contribution < 1.29 is 9.84 Å². The van der Waals surface area contributed by atoms with Gasteiger partial charge in [-0.3, -0.25) is 0 Å². The number of hydrogen-bond donors (Lipinski definition) is 1. The molecule has 0 bridgehead atoms. The van der Waals surface area contributed by atoms with E-state index < -0.39 is 6.10 Å². The average Bonchev–Trinajstić information content (AvgIpc) is 2.29. The van der Waals surface area contributed by atoms with E-state index in [2.05, 4.69) is 0 Å². The molecule has 1 unspecified atom stereocenters. The van der Waals surface area contributed by atoms with E-state index >= 15 is 0 Å². The van der Waals surface area contributed by atoms with E-state index in [1.54, 1.807) is 12.1 Å². The first kappa shape index (κ1) is 10.1. The predicted molar refractivity (Wildman–Crippen MR) is 56.2 cm³/mol. The Morgan fingerprint density at radius 3 is 2.93 bits per heavy atom. The fourth-order valence-corrected chi connectivity index (χ4v) is 2.15. The summed E-state index contributed by atoms with van der Waals surface area (Å²) in [6, 6.07) is 3.33. The molecule has 0 amide bonds. The van der Waals surface area contributed by atoms with E-state index in [0.29, 0.717) is 34.4 Å². The normalized spacial score (nSPS) is 20.9. The number of rotatable bonds is 0. The Morgan fingerprint density at radius 1 is 1.36 bits per heavy atom. The molecule has 0 saturated carbocycles. The highest BCUT2D eigenvalue weighted by atomic mass is 35.5. The Bertz CT molecular complexity index is 352. The Morgan fingerprint density at radius 2 is 2.14 bits per heavy atom. The Balaban J connectivity index is 2.53. The largest absolute Gasteiger partial charge is 0.492 e. The van der Waals surface area contributed by atoms with Crippen molar-refractivity contribution in [3.8, 4) is 5.75 Å². The third kappa shape index (κ3) is 1.83. The standard InChI is InChI=1S/C10H10Cl2O2/c11-6-4-7-9(13)2-1-3-14-10(7)8(12)5-6/h4-5,9,13H,1-3H2. The minimum Gasteiger partial charge on any atom is -0.492 e. The third-order valence-electron chi connectivity index (χ3n) is 2.26. The zero-order chi connectivity index (χ0) is 10.1. The molecule has 0 spiro atoms. The van der Waals surface area contributed by atoms with Gasteiger partial charge in [-0.15, -0.1) is 0 Å². The van der Waals surface area contributed by atoms with Crippen molar-refractivity contribution in [1.29, 1.82) is 0 Å². The minimum absolute atomic E-state index is 0.466. The Hall–Kier alpha value is -0.440. The summed E-state index contributed by atoms with van der Waals surface area (Å²) in [5, 5.41) is 10.8. The fraction of sp³-hybridized carbons (Fsp3) is 0.400. The number of benzene rings is 1. The van der Waals surface area contributed by atoms with Crippen LogP contribution in [0.3, 0.4) is 0 Å². The molecule has 0 saturated heterocycles. The molecule has 1 N–H and O–H groups in total. The number of hydrogen-bond acceptors (Lipinski definition) is 2. The van der Waals surface area contributed by atoms with Crippen LogP contribution in [-0.4, -0.2) is 11.7 Å². The van der Waals surface area contributed by atoms with Crippen molar-refractivity contribution in [2.24, 2.45) is 0 Å². The van der Waals surface area contributed by atoms with Gasteiger partial charge in [0.1, 0.15) is 5.75 Å². The first-order valence-corrected chi connectivity index (χ1v) is 5.24. The number of ether oxygens (including phenoxy) is 1. The maximum Gasteiger partial charge on any atom is 0.143 e. The number of aliphatic hydroxyl groups is 1. The van der Waals surface area contributed by atoms with Crippen LogP contribution in [0.25, 0.3) is 0 Å². The molecular weight excluding hydrogens is 223 g/mol. The lowest BCUT2D eigenvalue weighted by Gasteiger charge is -2.12. The molecule has 1 heterocycles. The summed E-state index contributed by atoms with van der Waals surface area (Å²) < 4.78 is 5.45. The van der Waals surface area contributed by atoms with E-state index in [4.69, 9.17) is 27.9 Å². The molecule has 1 atom stereocenters. The highest BCUT2D eigenvalue weighted by Gasteiger charge is 2.20. The summed E-state index contributed by atoms with van der Waals surface area (Å²) >= 11 is 11.8. The molecule has 1 aliphatic rings. The van der Waals surface area contributed by atoms with Crippen molar-refractivity contribution in [3.05, 3.63) is 27.7 Å². The van der Waals surface area contributed by atoms with Gasteiger partial charge in [0.2, 0.25) is 0 Å². The second-order valence-corrected chi connectivity index (χ2v) is 4.16. The van der Waals surface area contributed by atoms with Crippen molar-refractivity contribution in [1.82, 2.24) is 0 Å². The van der Waals surface area contributed by atoms with Crippen LogP contribution in [0, 0.1) is 0 Å². The highest BCUT2D eigenvalue weighted by molar-refractivity contribution is 6.35. The smallest absolute Gasteiger partial charge is 0.143 e. The summed E-state index contributed by atoms with van der Waals surface area (Å²) in [5.41, 5.74) is 0.694. The molecule has 2 rings (SSSR count). The van der Waals surface area contributed by atoms with Crippen molar-refractivity contribution in [3.63, 3.8) is 0 Å². The molecule has 14 heavy (non-hydrogen) atoms. The van der Waals surface area contributed by atoms with Crippen LogP contribution in [0.4, 0.5) is 0 Å². The predicted octanol–water partition coefficient (Wildman–Crippen LogP) is 3.20. The van der Waals surface area contributed by atoms with E-state index in [9.17, 15) is 5.11 Å². The fourth-order valence-electron chi connectivity index (χ4n) is 1.59. The lowest BCUT2D eigenvalue weighted by Crippen LogP contribution is -1.97. The zero-order valence-corrected chi connectivity index (χ0v) is 8.98. The Kier molecular flexibility index (Phi) is 2.86. The number of aliphatic hydroxyl groups excluding tert-OH is 1. The summed E-state index contributed by atoms with van der Waals surface area (Å²) in [6.45, 7) is 0.589. The van der Waals surface area contributed by atoms with Gasteiger partial charge in [0.25, 0.3) is 0 Å². The molecule has 2 nitrogen and oxygen atoms in total. The second kappa shape index (κ2) is 3.97. The van der Waals surface area contributed by atoms with E-state index in [0.717, 1.165) is 6.42 Å². The maximum atomic E-state index is 9.79. The van der Waals surface area contributed by atoms with E-state index in [1.165, 1.54) is 0 Å². The average molecular weight is 233 g/mol. The van der Waals surface area contributed by atoms with Crippen LogP contribution in [0.15, 0.2) is 12.1 Å².